The minimum atomic E-state index is -3.04. The number of carbonyl (C=O) groups is 1. The van der Waals surface area contributed by atoms with Crippen molar-refractivity contribution in [1.82, 2.24) is 0 Å². The van der Waals surface area contributed by atoms with Crippen molar-refractivity contribution in [3.8, 4) is 17.2 Å². The average Bonchev–Trinajstić information content (AvgIpc) is 2.54. The van der Waals surface area contributed by atoms with Crippen molar-refractivity contribution in [3.63, 3.8) is 0 Å². The van der Waals surface area contributed by atoms with Crippen molar-refractivity contribution in [3.05, 3.63) is 48.0 Å². The maximum absolute atomic E-state index is 12.3. The van der Waals surface area contributed by atoms with Crippen molar-refractivity contribution >= 4 is 11.6 Å². The standard InChI is InChI=1S/C16H13F4NO4/c1-23-13-7-9(5-6-12(13)25-16(19)20)14(22)21-10-3-2-4-11(8-10)24-15(17)18/h2-8,15-16H,1H3,(H,21,22). The van der Waals surface area contributed by atoms with Crippen LogP contribution in [-0.4, -0.2) is 26.2 Å². The Morgan fingerprint density at radius 3 is 2.32 bits per heavy atom. The molecule has 9 heteroatoms. The molecule has 2 rings (SSSR count). The van der Waals surface area contributed by atoms with Crippen molar-refractivity contribution < 1.29 is 36.6 Å². The third-order valence-electron chi connectivity index (χ3n) is 2.96. The zero-order chi connectivity index (χ0) is 18.4. The molecule has 0 aliphatic heterocycles. The predicted octanol–water partition coefficient (Wildman–Crippen LogP) is 4.15. The fourth-order valence-electron chi connectivity index (χ4n) is 1.96. The van der Waals surface area contributed by atoms with Crippen LogP contribution in [0.15, 0.2) is 42.5 Å². The van der Waals surface area contributed by atoms with Crippen LogP contribution in [0.25, 0.3) is 0 Å². The van der Waals surface area contributed by atoms with Gasteiger partial charge in [0.05, 0.1) is 7.11 Å². The lowest BCUT2D eigenvalue weighted by atomic mass is 10.2. The molecule has 0 unspecified atom stereocenters. The predicted molar refractivity (Wildman–Crippen MR) is 80.7 cm³/mol. The van der Waals surface area contributed by atoms with Crippen LogP contribution in [0.1, 0.15) is 10.4 Å². The second kappa shape index (κ2) is 8.22. The summed E-state index contributed by atoms with van der Waals surface area (Å²) in [6.45, 7) is -6.02. The number of carbonyl (C=O) groups excluding carboxylic acids is 1. The summed E-state index contributed by atoms with van der Waals surface area (Å²) in [5.41, 5.74) is 0.314. The highest BCUT2D eigenvalue weighted by Crippen LogP contribution is 2.30. The maximum atomic E-state index is 12.3. The first-order chi connectivity index (χ1) is 11.9. The third kappa shape index (κ3) is 5.27. The number of alkyl halides is 4. The number of methoxy groups -OCH3 is 1. The normalized spacial score (nSPS) is 10.7. The molecule has 0 spiro atoms. The SMILES string of the molecule is COc1cc(C(=O)Nc2cccc(OC(F)F)c2)ccc1OC(F)F. The van der Waals surface area contributed by atoms with Crippen LogP contribution in [0.3, 0.4) is 0 Å². The van der Waals surface area contributed by atoms with Gasteiger partial charge in [0.15, 0.2) is 11.5 Å². The Hall–Kier alpha value is -2.97. The Labute approximate surface area is 140 Å². The summed E-state index contributed by atoms with van der Waals surface area (Å²) in [5.74, 6) is -0.994. The molecule has 5 nitrogen and oxygen atoms in total. The van der Waals surface area contributed by atoms with Gasteiger partial charge in [-0.15, -0.1) is 0 Å². The van der Waals surface area contributed by atoms with E-state index in [1.54, 1.807) is 0 Å². The van der Waals surface area contributed by atoms with Gasteiger partial charge in [-0.25, -0.2) is 0 Å². The van der Waals surface area contributed by atoms with E-state index in [2.05, 4.69) is 14.8 Å². The molecule has 0 radical (unpaired) electrons. The molecule has 1 amide bonds. The Morgan fingerprint density at radius 2 is 1.68 bits per heavy atom. The molecule has 134 valence electrons. The molecule has 0 saturated carbocycles. The van der Waals surface area contributed by atoms with Crippen LogP contribution >= 0.6 is 0 Å². The van der Waals surface area contributed by atoms with Gasteiger partial charge in [0, 0.05) is 17.3 Å². The van der Waals surface area contributed by atoms with E-state index in [4.69, 9.17) is 4.74 Å². The van der Waals surface area contributed by atoms with E-state index in [-0.39, 0.29) is 28.5 Å². The summed E-state index contributed by atoms with van der Waals surface area (Å²) < 4.78 is 62.4. The average molecular weight is 359 g/mol. The second-order valence-corrected chi connectivity index (χ2v) is 4.60. The molecule has 2 aromatic carbocycles. The minimum absolute atomic E-state index is 0.0530. The summed E-state index contributed by atoms with van der Waals surface area (Å²) in [5, 5.41) is 2.48. The first-order valence-corrected chi connectivity index (χ1v) is 6.88. The van der Waals surface area contributed by atoms with Crippen LogP contribution < -0.4 is 19.5 Å². The van der Waals surface area contributed by atoms with E-state index in [0.717, 1.165) is 6.07 Å². The lowest BCUT2D eigenvalue weighted by molar-refractivity contribution is -0.0514. The topological polar surface area (TPSA) is 56.8 Å². The van der Waals surface area contributed by atoms with Gasteiger partial charge >= 0.3 is 13.2 Å². The molecule has 0 aliphatic rings. The molecule has 0 atom stereocenters. The number of benzene rings is 2. The monoisotopic (exact) mass is 359 g/mol. The summed E-state index contributed by atoms with van der Waals surface area (Å²) >= 11 is 0. The lowest BCUT2D eigenvalue weighted by Gasteiger charge is -2.12. The third-order valence-corrected chi connectivity index (χ3v) is 2.96. The van der Waals surface area contributed by atoms with Gasteiger partial charge in [0.1, 0.15) is 5.75 Å². The summed E-state index contributed by atoms with van der Waals surface area (Å²) in [4.78, 5) is 12.2. The zero-order valence-corrected chi connectivity index (χ0v) is 12.8. The smallest absolute Gasteiger partial charge is 0.387 e. The zero-order valence-electron chi connectivity index (χ0n) is 12.8. The second-order valence-electron chi connectivity index (χ2n) is 4.60. The highest BCUT2D eigenvalue weighted by molar-refractivity contribution is 6.04. The quantitative estimate of drug-likeness (QED) is 0.755. The number of amides is 1. The number of halogens is 4. The first kappa shape index (κ1) is 18.4. The molecular weight excluding hydrogens is 346 g/mol. The number of ether oxygens (including phenoxy) is 3. The van der Waals surface area contributed by atoms with Gasteiger partial charge in [-0.3, -0.25) is 4.79 Å². The van der Waals surface area contributed by atoms with Crippen molar-refractivity contribution in [2.45, 2.75) is 13.2 Å². The van der Waals surface area contributed by atoms with Crippen molar-refractivity contribution in [2.24, 2.45) is 0 Å². The molecule has 0 saturated heterocycles. The van der Waals surface area contributed by atoms with E-state index in [0.29, 0.717) is 0 Å². The van der Waals surface area contributed by atoms with E-state index in [1.807, 2.05) is 0 Å². The van der Waals surface area contributed by atoms with Crippen molar-refractivity contribution in [2.75, 3.05) is 12.4 Å². The highest BCUT2D eigenvalue weighted by Gasteiger charge is 2.15. The van der Waals surface area contributed by atoms with Gasteiger partial charge in [-0.1, -0.05) is 6.07 Å². The van der Waals surface area contributed by atoms with Crippen LogP contribution in [0.2, 0.25) is 0 Å². The van der Waals surface area contributed by atoms with E-state index >= 15 is 0 Å². The van der Waals surface area contributed by atoms with Crippen LogP contribution in [0.4, 0.5) is 23.2 Å². The van der Waals surface area contributed by atoms with E-state index in [9.17, 15) is 22.4 Å². The Balaban J connectivity index is 2.15. The van der Waals surface area contributed by atoms with Crippen LogP contribution in [-0.2, 0) is 0 Å². The number of hydrogen-bond donors (Lipinski definition) is 1. The molecule has 0 bridgehead atoms. The molecule has 0 heterocycles. The fourth-order valence-corrected chi connectivity index (χ4v) is 1.96. The molecular formula is C16H13F4NO4. The van der Waals surface area contributed by atoms with Crippen LogP contribution in [0.5, 0.6) is 17.2 Å². The molecule has 0 aromatic heterocycles. The van der Waals surface area contributed by atoms with Crippen LogP contribution in [0, 0.1) is 0 Å². The maximum Gasteiger partial charge on any atom is 0.387 e. The number of nitrogens with one attached hydrogen (secondary N) is 1. The number of rotatable bonds is 7. The van der Waals surface area contributed by atoms with Gasteiger partial charge in [-0.05, 0) is 30.3 Å². The Morgan fingerprint density at radius 1 is 0.960 bits per heavy atom. The van der Waals surface area contributed by atoms with E-state index in [1.165, 1.54) is 43.5 Å². The van der Waals surface area contributed by atoms with Gasteiger partial charge in [-0.2, -0.15) is 17.6 Å². The van der Waals surface area contributed by atoms with Gasteiger partial charge in [0.25, 0.3) is 5.91 Å². The summed E-state index contributed by atoms with van der Waals surface area (Å²) in [7, 11) is 1.24. The molecule has 25 heavy (non-hydrogen) atoms. The van der Waals surface area contributed by atoms with E-state index < -0.39 is 19.1 Å². The largest absolute Gasteiger partial charge is 0.493 e. The minimum Gasteiger partial charge on any atom is -0.493 e. The summed E-state index contributed by atoms with van der Waals surface area (Å²) in [6, 6.07) is 9.06. The molecule has 1 N–H and O–H groups in total. The van der Waals surface area contributed by atoms with Gasteiger partial charge < -0.3 is 19.5 Å². The first-order valence-electron chi connectivity index (χ1n) is 6.88. The summed E-state index contributed by atoms with van der Waals surface area (Å²) in [6.07, 6.45) is 0. The molecule has 2 aromatic rings. The fraction of sp³-hybridized carbons (Fsp3) is 0.188. The van der Waals surface area contributed by atoms with Crippen molar-refractivity contribution in [1.29, 1.82) is 0 Å². The number of hydrogen-bond acceptors (Lipinski definition) is 4. The lowest BCUT2D eigenvalue weighted by Crippen LogP contribution is -2.13. The van der Waals surface area contributed by atoms with Gasteiger partial charge in [0.2, 0.25) is 0 Å². The Kier molecular flexibility index (Phi) is 6.04. The number of anilines is 1. The Bertz CT molecular complexity index is 740. The molecule has 0 fully saturated rings. The molecule has 0 aliphatic carbocycles. The highest BCUT2D eigenvalue weighted by atomic mass is 19.3.